The molecule has 0 unspecified atom stereocenters. The molecule has 0 aromatic carbocycles. The molecule has 0 spiro atoms. The summed E-state index contributed by atoms with van der Waals surface area (Å²) in [6.07, 6.45) is 3.63. The Hall–Kier alpha value is -1.75. The second-order valence-corrected chi connectivity index (χ2v) is 5.14. The molecule has 5 nitrogen and oxygen atoms in total. The molecular weight excluding hydrogens is 254 g/mol. The van der Waals surface area contributed by atoms with Gasteiger partial charge in [0.15, 0.2) is 5.75 Å². The van der Waals surface area contributed by atoms with Gasteiger partial charge in [0.1, 0.15) is 18.1 Å². The van der Waals surface area contributed by atoms with E-state index in [0.717, 1.165) is 35.9 Å². The van der Waals surface area contributed by atoms with E-state index in [0.29, 0.717) is 12.6 Å². The molecule has 0 saturated carbocycles. The van der Waals surface area contributed by atoms with Gasteiger partial charge in [0.25, 0.3) is 0 Å². The first-order chi connectivity index (χ1) is 9.60. The average Bonchev–Trinajstić information content (AvgIpc) is 3.01. The molecule has 2 aromatic rings. The van der Waals surface area contributed by atoms with Crippen LogP contribution in [0.25, 0.3) is 0 Å². The van der Waals surface area contributed by atoms with Crippen molar-refractivity contribution in [2.75, 3.05) is 6.54 Å². The van der Waals surface area contributed by atoms with Gasteiger partial charge in [-0.1, -0.05) is 6.92 Å². The second kappa shape index (κ2) is 6.61. The smallest absolute Gasteiger partial charge is 0.157 e. The van der Waals surface area contributed by atoms with Gasteiger partial charge in [0, 0.05) is 6.04 Å². The Labute approximate surface area is 119 Å². The lowest BCUT2D eigenvalue weighted by Crippen LogP contribution is -2.11. The monoisotopic (exact) mass is 277 g/mol. The van der Waals surface area contributed by atoms with Crippen molar-refractivity contribution < 1.29 is 9.15 Å². The van der Waals surface area contributed by atoms with Crippen molar-refractivity contribution in [1.29, 1.82) is 0 Å². The fraction of sp³-hybridized carbons (Fsp3) is 0.533. The maximum atomic E-state index is 5.78. The molecule has 0 atom stereocenters. The zero-order valence-corrected chi connectivity index (χ0v) is 12.6. The molecule has 2 rings (SSSR count). The molecule has 2 heterocycles. The van der Waals surface area contributed by atoms with E-state index in [1.165, 1.54) is 0 Å². The van der Waals surface area contributed by atoms with E-state index in [2.05, 4.69) is 38.1 Å². The zero-order chi connectivity index (χ0) is 14.5. The molecule has 0 aliphatic rings. The lowest BCUT2D eigenvalue weighted by molar-refractivity contribution is 0.264. The molecule has 5 heteroatoms. The lowest BCUT2D eigenvalue weighted by Gasteiger charge is -2.03. The van der Waals surface area contributed by atoms with Crippen LogP contribution in [0.3, 0.4) is 0 Å². The maximum Gasteiger partial charge on any atom is 0.157 e. The van der Waals surface area contributed by atoms with E-state index in [1.807, 2.05) is 16.9 Å². The van der Waals surface area contributed by atoms with E-state index >= 15 is 0 Å². The largest absolute Gasteiger partial charge is 0.482 e. The summed E-state index contributed by atoms with van der Waals surface area (Å²) >= 11 is 0. The van der Waals surface area contributed by atoms with Crippen LogP contribution in [0.1, 0.15) is 43.9 Å². The second-order valence-electron chi connectivity index (χ2n) is 5.14. The summed E-state index contributed by atoms with van der Waals surface area (Å²) in [5.41, 5.74) is 1.16. The average molecular weight is 277 g/mol. The van der Waals surface area contributed by atoms with E-state index in [4.69, 9.17) is 9.15 Å². The minimum atomic E-state index is 0.338. The summed E-state index contributed by atoms with van der Waals surface area (Å²) in [5, 5.41) is 7.50. The molecule has 2 aromatic heterocycles. The minimum Gasteiger partial charge on any atom is -0.482 e. The Balaban J connectivity index is 1.93. The van der Waals surface area contributed by atoms with Crippen LogP contribution in [0.4, 0.5) is 0 Å². The Morgan fingerprint density at radius 1 is 1.45 bits per heavy atom. The lowest BCUT2D eigenvalue weighted by atomic mass is 10.2. The van der Waals surface area contributed by atoms with Crippen LogP contribution in [0.2, 0.25) is 0 Å². The van der Waals surface area contributed by atoms with E-state index in [9.17, 15) is 0 Å². The summed E-state index contributed by atoms with van der Waals surface area (Å²) in [5.74, 6) is 2.58. The predicted octanol–water partition coefficient (Wildman–Crippen LogP) is 3.05. The highest BCUT2D eigenvalue weighted by Gasteiger charge is 2.09. The van der Waals surface area contributed by atoms with Crippen molar-refractivity contribution in [3.8, 4) is 5.75 Å². The molecule has 0 saturated heterocycles. The molecule has 0 aliphatic heterocycles. The quantitative estimate of drug-likeness (QED) is 0.845. The Kier molecular flexibility index (Phi) is 4.84. The molecule has 0 radical (unpaired) electrons. The molecule has 0 amide bonds. The number of rotatable bonds is 7. The van der Waals surface area contributed by atoms with Gasteiger partial charge < -0.3 is 14.5 Å². The number of furan rings is 1. The van der Waals surface area contributed by atoms with Crippen LogP contribution in [-0.2, 0) is 13.2 Å². The summed E-state index contributed by atoms with van der Waals surface area (Å²) < 4.78 is 13.4. The molecule has 0 bridgehead atoms. The van der Waals surface area contributed by atoms with E-state index < -0.39 is 0 Å². The van der Waals surface area contributed by atoms with Crippen molar-refractivity contribution in [3.05, 3.63) is 35.5 Å². The fourth-order valence-corrected chi connectivity index (χ4v) is 1.91. The Morgan fingerprint density at radius 2 is 2.25 bits per heavy atom. The summed E-state index contributed by atoms with van der Waals surface area (Å²) in [4.78, 5) is 0. The standard InChI is InChI=1S/C15H23N3O2/c1-5-16-8-15-12(4)6-13(20-15)10-19-14-7-17-18(9-14)11(2)3/h6-7,9,11,16H,5,8,10H2,1-4H3. The van der Waals surface area contributed by atoms with Crippen LogP contribution in [0, 0.1) is 6.92 Å². The van der Waals surface area contributed by atoms with Gasteiger partial charge in [0.05, 0.1) is 18.9 Å². The molecule has 0 aliphatic carbocycles. The van der Waals surface area contributed by atoms with Gasteiger partial charge in [-0.2, -0.15) is 5.10 Å². The molecule has 0 fully saturated rings. The molecular formula is C15H23N3O2. The third-order valence-corrected chi connectivity index (χ3v) is 3.10. The SMILES string of the molecule is CCNCc1oc(COc2cnn(C(C)C)c2)cc1C. The maximum absolute atomic E-state index is 5.78. The van der Waals surface area contributed by atoms with Crippen LogP contribution in [-0.4, -0.2) is 16.3 Å². The van der Waals surface area contributed by atoms with Crippen molar-refractivity contribution in [3.63, 3.8) is 0 Å². The Morgan fingerprint density at radius 3 is 2.90 bits per heavy atom. The first-order valence-corrected chi connectivity index (χ1v) is 7.06. The zero-order valence-electron chi connectivity index (χ0n) is 12.6. The highest BCUT2D eigenvalue weighted by Crippen LogP contribution is 2.18. The van der Waals surface area contributed by atoms with Crippen molar-refractivity contribution >= 4 is 0 Å². The van der Waals surface area contributed by atoms with Crippen molar-refractivity contribution in [2.24, 2.45) is 0 Å². The summed E-state index contributed by atoms with van der Waals surface area (Å²) in [6.45, 7) is 10.4. The first-order valence-electron chi connectivity index (χ1n) is 7.06. The van der Waals surface area contributed by atoms with Gasteiger partial charge in [-0.25, -0.2) is 0 Å². The molecule has 1 N–H and O–H groups in total. The number of hydrogen-bond donors (Lipinski definition) is 1. The van der Waals surface area contributed by atoms with Crippen LogP contribution in [0.5, 0.6) is 5.75 Å². The number of aryl methyl sites for hydroxylation is 1. The van der Waals surface area contributed by atoms with Crippen LogP contribution in [0.15, 0.2) is 22.9 Å². The number of nitrogens with one attached hydrogen (secondary N) is 1. The van der Waals surface area contributed by atoms with E-state index in [-0.39, 0.29) is 0 Å². The number of nitrogens with zero attached hydrogens (tertiary/aromatic N) is 2. The van der Waals surface area contributed by atoms with Gasteiger partial charge in [0.2, 0.25) is 0 Å². The van der Waals surface area contributed by atoms with Gasteiger partial charge in [-0.15, -0.1) is 0 Å². The van der Waals surface area contributed by atoms with Crippen molar-refractivity contribution in [1.82, 2.24) is 15.1 Å². The normalized spacial score (nSPS) is 11.2. The third-order valence-electron chi connectivity index (χ3n) is 3.10. The summed E-state index contributed by atoms with van der Waals surface area (Å²) in [7, 11) is 0. The number of hydrogen-bond acceptors (Lipinski definition) is 4. The predicted molar refractivity (Wildman–Crippen MR) is 77.8 cm³/mol. The van der Waals surface area contributed by atoms with Crippen LogP contribution < -0.4 is 10.1 Å². The van der Waals surface area contributed by atoms with Gasteiger partial charge in [-0.05, 0) is 38.9 Å². The highest BCUT2D eigenvalue weighted by molar-refractivity contribution is 5.20. The first kappa shape index (κ1) is 14.7. The number of aromatic nitrogens is 2. The fourth-order valence-electron chi connectivity index (χ4n) is 1.91. The molecule has 20 heavy (non-hydrogen) atoms. The summed E-state index contributed by atoms with van der Waals surface area (Å²) in [6, 6.07) is 2.37. The van der Waals surface area contributed by atoms with E-state index in [1.54, 1.807) is 6.20 Å². The topological polar surface area (TPSA) is 52.2 Å². The van der Waals surface area contributed by atoms with Gasteiger partial charge in [-0.3, -0.25) is 4.68 Å². The van der Waals surface area contributed by atoms with Gasteiger partial charge >= 0.3 is 0 Å². The molecule has 110 valence electrons. The highest BCUT2D eigenvalue weighted by atomic mass is 16.5. The number of ether oxygens (including phenoxy) is 1. The Bertz CT molecular complexity index is 543. The van der Waals surface area contributed by atoms with Crippen LogP contribution >= 0.6 is 0 Å². The minimum absolute atomic E-state index is 0.338. The third kappa shape index (κ3) is 3.63. The van der Waals surface area contributed by atoms with Crippen molar-refractivity contribution in [2.45, 2.75) is 46.9 Å².